The molecule has 1 aromatic rings. The third-order valence-corrected chi connectivity index (χ3v) is 3.48. The van der Waals surface area contributed by atoms with Crippen molar-refractivity contribution in [2.45, 2.75) is 18.6 Å². The minimum atomic E-state index is -4.50. The van der Waals surface area contributed by atoms with Gasteiger partial charge in [0, 0.05) is 19.1 Å². The van der Waals surface area contributed by atoms with Crippen molar-refractivity contribution in [2.24, 2.45) is 0 Å². The molecule has 1 saturated heterocycles. The van der Waals surface area contributed by atoms with Gasteiger partial charge in [-0.2, -0.15) is 18.4 Å². The molecule has 1 aromatic heterocycles. The highest BCUT2D eigenvalue weighted by Crippen LogP contribution is 2.31. The highest BCUT2D eigenvalue weighted by molar-refractivity contribution is 5.55. The lowest BCUT2D eigenvalue weighted by molar-refractivity contribution is -0.141. The van der Waals surface area contributed by atoms with Gasteiger partial charge in [-0.1, -0.05) is 0 Å². The molecule has 20 heavy (non-hydrogen) atoms. The van der Waals surface area contributed by atoms with Gasteiger partial charge in [-0.15, -0.1) is 0 Å². The van der Waals surface area contributed by atoms with Crippen molar-refractivity contribution in [2.75, 3.05) is 32.1 Å². The van der Waals surface area contributed by atoms with Crippen LogP contribution in [0.3, 0.4) is 0 Å². The number of likely N-dealkylation sites (N-methyl/N-ethyl adjacent to an activating group) is 1. The van der Waals surface area contributed by atoms with Crippen LogP contribution < -0.4 is 4.90 Å². The number of nitriles is 1. The number of pyridine rings is 1. The van der Waals surface area contributed by atoms with Crippen molar-refractivity contribution < 1.29 is 13.2 Å². The number of hydrogen-bond acceptors (Lipinski definition) is 4. The molecular weight excluding hydrogens is 269 g/mol. The first-order valence-electron chi connectivity index (χ1n) is 6.22. The Morgan fingerprint density at radius 2 is 2.10 bits per heavy atom. The fourth-order valence-corrected chi connectivity index (χ4v) is 2.29. The van der Waals surface area contributed by atoms with Crippen molar-refractivity contribution in [3.05, 3.63) is 23.4 Å². The van der Waals surface area contributed by atoms with Gasteiger partial charge in [-0.05, 0) is 32.6 Å². The number of alkyl halides is 3. The van der Waals surface area contributed by atoms with Gasteiger partial charge in [0.15, 0.2) is 0 Å². The molecule has 0 bridgehead atoms. The molecule has 4 nitrogen and oxygen atoms in total. The molecular formula is C13H15F3N4. The lowest BCUT2D eigenvalue weighted by Gasteiger charge is -2.22. The van der Waals surface area contributed by atoms with E-state index in [0.717, 1.165) is 12.5 Å². The van der Waals surface area contributed by atoms with Crippen LogP contribution in [0, 0.1) is 11.3 Å². The zero-order chi connectivity index (χ0) is 14.9. The van der Waals surface area contributed by atoms with Crippen LogP contribution in [0.4, 0.5) is 19.0 Å². The SMILES string of the molecule is CN(C)C1CCN(c2nc(C(F)(F)F)ccc2C#N)C1. The Morgan fingerprint density at radius 3 is 2.60 bits per heavy atom. The largest absolute Gasteiger partial charge is 0.433 e. The molecule has 7 heteroatoms. The minimum Gasteiger partial charge on any atom is -0.354 e. The number of rotatable bonds is 2. The number of anilines is 1. The zero-order valence-electron chi connectivity index (χ0n) is 11.3. The van der Waals surface area contributed by atoms with Crippen molar-refractivity contribution in [3.8, 4) is 6.07 Å². The van der Waals surface area contributed by atoms with Crippen molar-refractivity contribution >= 4 is 5.82 Å². The molecule has 2 heterocycles. The third kappa shape index (κ3) is 2.85. The van der Waals surface area contributed by atoms with E-state index in [2.05, 4.69) is 4.98 Å². The van der Waals surface area contributed by atoms with E-state index < -0.39 is 11.9 Å². The van der Waals surface area contributed by atoms with Crippen LogP contribution in [0.15, 0.2) is 12.1 Å². The van der Waals surface area contributed by atoms with E-state index in [1.54, 1.807) is 4.90 Å². The van der Waals surface area contributed by atoms with Crippen LogP contribution >= 0.6 is 0 Å². The maximum Gasteiger partial charge on any atom is 0.433 e. The summed E-state index contributed by atoms with van der Waals surface area (Å²) >= 11 is 0. The van der Waals surface area contributed by atoms with Crippen molar-refractivity contribution in [3.63, 3.8) is 0 Å². The quantitative estimate of drug-likeness (QED) is 0.834. The third-order valence-electron chi connectivity index (χ3n) is 3.48. The van der Waals surface area contributed by atoms with Gasteiger partial charge in [0.2, 0.25) is 0 Å². The second-order valence-corrected chi connectivity index (χ2v) is 5.03. The van der Waals surface area contributed by atoms with Crippen LogP contribution in [0.2, 0.25) is 0 Å². The standard InChI is InChI=1S/C13H15F3N4/c1-19(2)10-5-6-20(8-10)12-9(7-17)3-4-11(18-12)13(14,15)16/h3-4,10H,5-6,8H2,1-2H3. The summed E-state index contributed by atoms with van der Waals surface area (Å²) in [6.07, 6.45) is -3.65. The predicted molar refractivity (Wildman–Crippen MR) is 68.3 cm³/mol. The molecule has 2 rings (SSSR count). The molecule has 1 aliphatic heterocycles. The Labute approximate surface area is 115 Å². The second kappa shape index (κ2) is 5.29. The first-order valence-corrected chi connectivity index (χ1v) is 6.22. The summed E-state index contributed by atoms with van der Waals surface area (Å²) in [5.74, 6) is 0.131. The lowest BCUT2D eigenvalue weighted by atomic mass is 10.2. The van der Waals surface area contributed by atoms with Crippen LogP contribution in [0.25, 0.3) is 0 Å². The van der Waals surface area contributed by atoms with Crippen molar-refractivity contribution in [1.82, 2.24) is 9.88 Å². The van der Waals surface area contributed by atoms with Gasteiger partial charge in [-0.25, -0.2) is 4.98 Å². The average molecular weight is 284 g/mol. The maximum absolute atomic E-state index is 12.7. The van der Waals surface area contributed by atoms with E-state index in [0.29, 0.717) is 13.1 Å². The number of hydrogen-bond donors (Lipinski definition) is 0. The summed E-state index contributed by atoms with van der Waals surface area (Å²) < 4.78 is 38.2. The Hall–Kier alpha value is -1.81. The topological polar surface area (TPSA) is 43.2 Å². The Balaban J connectivity index is 2.33. The first kappa shape index (κ1) is 14.6. The monoisotopic (exact) mass is 284 g/mol. The summed E-state index contributed by atoms with van der Waals surface area (Å²) in [7, 11) is 3.86. The molecule has 0 saturated carbocycles. The molecule has 1 aliphatic rings. The van der Waals surface area contributed by atoms with Gasteiger partial charge < -0.3 is 9.80 Å². The molecule has 1 atom stereocenters. The molecule has 1 unspecified atom stereocenters. The van der Waals surface area contributed by atoms with E-state index in [1.807, 2.05) is 25.1 Å². The van der Waals surface area contributed by atoms with Gasteiger partial charge in [0.05, 0.1) is 5.56 Å². The molecule has 0 N–H and O–H groups in total. The normalized spacial score (nSPS) is 19.4. The summed E-state index contributed by atoms with van der Waals surface area (Å²) in [5.41, 5.74) is -0.780. The van der Waals surface area contributed by atoms with Crippen molar-refractivity contribution in [1.29, 1.82) is 5.26 Å². The second-order valence-electron chi connectivity index (χ2n) is 5.03. The van der Waals surface area contributed by atoms with Gasteiger partial charge in [0.25, 0.3) is 0 Å². The van der Waals surface area contributed by atoms with Gasteiger partial charge in [0.1, 0.15) is 17.6 Å². The average Bonchev–Trinajstić information content (AvgIpc) is 2.86. The minimum absolute atomic E-state index is 0.131. The van der Waals surface area contributed by atoms with Gasteiger partial charge in [-0.3, -0.25) is 0 Å². The summed E-state index contributed by atoms with van der Waals surface area (Å²) in [4.78, 5) is 7.43. The molecule has 0 spiro atoms. The molecule has 0 aromatic carbocycles. The highest BCUT2D eigenvalue weighted by Gasteiger charge is 2.34. The molecule has 1 fully saturated rings. The molecule has 0 aliphatic carbocycles. The van der Waals surface area contributed by atoms with E-state index in [1.165, 1.54) is 6.07 Å². The fourth-order valence-electron chi connectivity index (χ4n) is 2.29. The fraction of sp³-hybridized carbons (Fsp3) is 0.538. The number of nitrogens with zero attached hydrogens (tertiary/aromatic N) is 4. The van der Waals surface area contributed by atoms with Gasteiger partial charge >= 0.3 is 6.18 Å². The summed E-state index contributed by atoms with van der Waals surface area (Å²) in [6.45, 7) is 1.18. The Kier molecular flexibility index (Phi) is 3.86. The van der Waals surface area contributed by atoms with Crippen LogP contribution in [-0.2, 0) is 6.18 Å². The highest BCUT2D eigenvalue weighted by atomic mass is 19.4. The maximum atomic E-state index is 12.7. The van der Waals surface area contributed by atoms with Crippen LogP contribution in [0.5, 0.6) is 0 Å². The van der Waals surface area contributed by atoms with Crippen LogP contribution in [0.1, 0.15) is 17.7 Å². The lowest BCUT2D eigenvalue weighted by Crippen LogP contribution is -2.32. The number of aromatic nitrogens is 1. The molecule has 108 valence electrons. The smallest absolute Gasteiger partial charge is 0.354 e. The van der Waals surface area contributed by atoms with E-state index in [4.69, 9.17) is 5.26 Å². The van der Waals surface area contributed by atoms with E-state index >= 15 is 0 Å². The Morgan fingerprint density at radius 1 is 1.40 bits per heavy atom. The van der Waals surface area contributed by atoms with Crippen LogP contribution in [-0.4, -0.2) is 43.1 Å². The summed E-state index contributed by atoms with van der Waals surface area (Å²) in [6, 6.07) is 4.21. The Bertz CT molecular complexity index is 533. The zero-order valence-corrected chi connectivity index (χ0v) is 11.3. The first-order chi connectivity index (χ1) is 9.32. The summed E-state index contributed by atoms with van der Waals surface area (Å²) in [5, 5.41) is 9.04. The predicted octanol–water partition coefficient (Wildman–Crippen LogP) is 2.11. The van der Waals surface area contributed by atoms with E-state index in [9.17, 15) is 13.2 Å². The van der Waals surface area contributed by atoms with E-state index in [-0.39, 0.29) is 17.4 Å². The molecule has 0 radical (unpaired) electrons. The number of halogens is 3. The molecule has 0 amide bonds.